The molecule has 0 radical (unpaired) electrons. The SMILES string of the molecule is CC(CCl)Oc1ccc(O)cc1. The minimum Gasteiger partial charge on any atom is -0.508 e. The molecule has 1 rings (SSSR count). The number of hydrogen-bond donors (Lipinski definition) is 1. The van der Waals surface area contributed by atoms with Gasteiger partial charge in [0.2, 0.25) is 0 Å². The van der Waals surface area contributed by atoms with Crippen LogP contribution >= 0.6 is 11.6 Å². The summed E-state index contributed by atoms with van der Waals surface area (Å²) in [5.74, 6) is 1.42. The van der Waals surface area contributed by atoms with E-state index < -0.39 is 0 Å². The van der Waals surface area contributed by atoms with Crippen molar-refractivity contribution in [1.82, 2.24) is 0 Å². The first-order chi connectivity index (χ1) is 5.72. The zero-order valence-electron chi connectivity index (χ0n) is 6.83. The third-order valence-corrected chi connectivity index (χ3v) is 1.83. The fraction of sp³-hybridized carbons (Fsp3) is 0.333. The van der Waals surface area contributed by atoms with Crippen LogP contribution in [0.1, 0.15) is 6.92 Å². The topological polar surface area (TPSA) is 29.5 Å². The van der Waals surface area contributed by atoms with E-state index in [-0.39, 0.29) is 11.9 Å². The molecule has 0 aromatic heterocycles. The highest BCUT2D eigenvalue weighted by Crippen LogP contribution is 2.17. The van der Waals surface area contributed by atoms with Gasteiger partial charge in [-0.1, -0.05) is 0 Å². The van der Waals surface area contributed by atoms with Gasteiger partial charge < -0.3 is 9.84 Å². The average Bonchev–Trinajstić information content (AvgIpc) is 2.09. The van der Waals surface area contributed by atoms with Crippen LogP contribution in [0.2, 0.25) is 0 Å². The van der Waals surface area contributed by atoms with Crippen molar-refractivity contribution in [2.45, 2.75) is 13.0 Å². The summed E-state index contributed by atoms with van der Waals surface area (Å²) in [6.45, 7) is 1.89. The number of rotatable bonds is 3. The van der Waals surface area contributed by atoms with Crippen LogP contribution in [-0.4, -0.2) is 17.1 Å². The Morgan fingerprint density at radius 2 is 2.00 bits per heavy atom. The maximum atomic E-state index is 8.97. The minimum absolute atomic E-state index is 0.00351. The van der Waals surface area contributed by atoms with E-state index in [2.05, 4.69) is 0 Å². The number of phenolic OH excluding ortho intramolecular Hbond substituents is 1. The molecule has 0 aliphatic rings. The third-order valence-electron chi connectivity index (χ3n) is 1.39. The van der Waals surface area contributed by atoms with Crippen molar-refractivity contribution in [1.29, 1.82) is 0 Å². The second kappa shape index (κ2) is 4.21. The van der Waals surface area contributed by atoms with Gasteiger partial charge in [0.1, 0.15) is 17.6 Å². The molecule has 1 aromatic rings. The Morgan fingerprint density at radius 1 is 1.42 bits per heavy atom. The Bertz CT molecular complexity index is 233. The fourth-order valence-corrected chi connectivity index (χ4v) is 0.852. The monoisotopic (exact) mass is 186 g/mol. The number of hydrogen-bond acceptors (Lipinski definition) is 2. The van der Waals surface area contributed by atoms with Crippen LogP contribution in [0.5, 0.6) is 11.5 Å². The molecule has 0 fully saturated rings. The molecule has 0 amide bonds. The first-order valence-electron chi connectivity index (χ1n) is 3.74. The summed E-state index contributed by atoms with van der Waals surface area (Å²) in [4.78, 5) is 0. The lowest BCUT2D eigenvalue weighted by molar-refractivity contribution is 0.245. The zero-order valence-corrected chi connectivity index (χ0v) is 7.58. The van der Waals surface area contributed by atoms with Crippen LogP contribution < -0.4 is 4.74 Å². The van der Waals surface area contributed by atoms with Crippen LogP contribution in [-0.2, 0) is 0 Å². The van der Waals surface area contributed by atoms with Crippen molar-refractivity contribution in [3.05, 3.63) is 24.3 Å². The molecule has 0 spiro atoms. The van der Waals surface area contributed by atoms with Gasteiger partial charge in [-0.05, 0) is 31.2 Å². The van der Waals surface area contributed by atoms with Gasteiger partial charge in [-0.15, -0.1) is 11.6 Å². The largest absolute Gasteiger partial charge is 0.508 e. The Morgan fingerprint density at radius 3 is 2.50 bits per heavy atom. The van der Waals surface area contributed by atoms with E-state index in [1.54, 1.807) is 24.3 Å². The number of ether oxygens (including phenoxy) is 1. The van der Waals surface area contributed by atoms with Gasteiger partial charge in [-0.2, -0.15) is 0 Å². The Balaban J connectivity index is 2.58. The summed E-state index contributed by atoms with van der Waals surface area (Å²) >= 11 is 5.56. The molecule has 0 saturated heterocycles. The second-order valence-electron chi connectivity index (χ2n) is 2.58. The third kappa shape index (κ3) is 2.62. The van der Waals surface area contributed by atoms with Gasteiger partial charge in [0.25, 0.3) is 0 Å². The molecule has 0 aliphatic carbocycles. The lowest BCUT2D eigenvalue weighted by Gasteiger charge is -2.10. The molecule has 12 heavy (non-hydrogen) atoms. The van der Waals surface area contributed by atoms with Gasteiger partial charge >= 0.3 is 0 Å². The Hall–Kier alpha value is -0.890. The molecule has 2 nitrogen and oxygen atoms in total. The summed E-state index contributed by atoms with van der Waals surface area (Å²) in [7, 11) is 0. The first kappa shape index (κ1) is 9.20. The lowest BCUT2D eigenvalue weighted by Crippen LogP contribution is -2.12. The average molecular weight is 187 g/mol. The number of aromatic hydroxyl groups is 1. The maximum Gasteiger partial charge on any atom is 0.120 e. The summed E-state index contributed by atoms with van der Waals surface area (Å²) in [5.41, 5.74) is 0. The number of phenols is 1. The molecule has 0 aliphatic heterocycles. The molecule has 1 N–H and O–H groups in total. The van der Waals surface area contributed by atoms with E-state index in [4.69, 9.17) is 21.4 Å². The van der Waals surface area contributed by atoms with Gasteiger partial charge in [-0.3, -0.25) is 0 Å². The smallest absolute Gasteiger partial charge is 0.120 e. The van der Waals surface area contributed by atoms with Crippen molar-refractivity contribution in [3.8, 4) is 11.5 Å². The quantitative estimate of drug-likeness (QED) is 0.735. The van der Waals surface area contributed by atoms with Crippen LogP contribution in [0.3, 0.4) is 0 Å². The van der Waals surface area contributed by atoms with Gasteiger partial charge in [0.15, 0.2) is 0 Å². The summed E-state index contributed by atoms with van der Waals surface area (Å²) in [6, 6.07) is 6.57. The van der Waals surface area contributed by atoms with E-state index in [0.717, 1.165) is 5.75 Å². The normalized spacial score (nSPS) is 12.5. The molecular formula is C9H11ClO2. The molecule has 0 saturated carbocycles. The van der Waals surface area contributed by atoms with Crippen LogP contribution in [0.25, 0.3) is 0 Å². The van der Waals surface area contributed by atoms with Crippen molar-refractivity contribution >= 4 is 11.6 Å². The van der Waals surface area contributed by atoms with E-state index in [1.165, 1.54) is 0 Å². The highest BCUT2D eigenvalue weighted by atomic mass is 35.5. The van der Waals surface area contributed by atoms with Crippen molar-refractivity contribution in [3.63, 3.8) is 0 Å². The van der Waals surface area contributed by atoms with Crippen LogP contribution in [0.4, 0.5) is 0 Å². The van der Waals surface area contributed by atoms with Crippen LogP contribution in [0.15, 0.2) is 24.3 Å². The summed E-state index contributed by atoms with van der Waals surface area (Å²) < 4.78 is 5.38. The lowest BCUT2D eigenvalue weighted by atomic mass is 10.3. The molecule has 0 bridgehead atoms. The standard InChI is InChI=1S/C9H11ClO2/c1-7(6-10)12-9-4-2-8(11)3-5-9/h2-5,7,11H,6H2,1H3. The maximum absolute atomic E-state index is 8.97. The van der Waals surface area contributed by atoms with E-state index >= 15 is 0 Å². The summed E-state index contributed by atoms with van der Waals surface area (Å²) in [5, 5.41) is 8.97. The number of benzene rings is 1. The first-order valence-corrected chi connectivity index (χ1v) is 4.27. The van der Waals surface area contributed by atoms with Gasteiger partial charge in [0.05, 0.1) is 5.88 Å². The van der Waals surface area contributed by atoms with Gasteiger partial charge in [0, 0.05) is 0 Å². The predicted octanol–water partition coefficient (Wildman–Crippen LogP) is 2.40. The second-order valence-corrected chi connectivity index (χ2v) is 2.89. The molecule has 0 heterocycles. The van der Waals surface area contributed by atoms with Crippen molar-refractivity contribution in [2.24, 2.45) is 0 Å². The van der Waals surface area contributed by atoms with E-state index in [0.29, 0.717) is 5.88 Å². The van der Waals surface area contributed by atoms with Crippen molar-refractivity contribution < 1.29 is 9.84 Å². The molecule has 3 heteroatoms. The summed E-state index contributed by atoms with van der Waals surface area (Å²) in [6.07, 6.45) is -0.00351. The molecule has 1 aromatic carbocycles. The number of halogens is 1. The van der Waals surface area contributed by atoms with E-state index in [1.807, 2.05) is 6.92 Å². The van der Waals surface area contributed by atoms with Gasteiger partial charge in [-0.25, -0.2) is 0 Å². The highest BCUT2D eigenvalue weighted by molar-refractivity contribution is 6.18. The zero-order chi connectivity index (χ0) is 8.97. The molecular weight excluding hydrogens is 176 g/mol. The number of alkyl halides is 1. The highest BCUT2D eigenvalue weighted by Gasteiger charge is 2.00. The predicted molar refractivity (Wildman–Crippen MR) is 48.9 cm³/mol. The van der Waals surface area contributed by atoms with E-state index in [9.17, 15) is 0 Å². The molecule has 66 valence electrons. The minimum atomic E-state index is -0.00351. The van der Waals surface area contributed by atoms with Crippen LogP contribution in [0, 0.1) is 0 Å². The molecule has 1 unspecified atom stereocenters. The Kier molecular flexibility index (Phi) is 3.23. The molecule has 1 atom stereocenters. The Labute approximate surface area is 76.7 Å². The van der Waals surface area contributed by atoms with Crippen molar-refractivity contribution in [2.75, 3.05) is 5.88 Å². The fourth-order valence-electron chi connectivity index (χ4n) is 0.789.